The second kappa shape index (κ2) is 11.6. The van der Waals surface area contributed by atoms with Crippen LogP contribution in [0.5, 0.6) is 0 Å². The van der Waals surface area contributed by atoms with Gasteiger partial charge >= 0.3 is 0 Å². The van der Waals surface area contributed by atoms with Gasteiger partial charge in [0.25, 0.3) is 0 Å². The normalized spacial score (nSPS) is 29.3. The zero-order valence-electron chi connectivity index (χ0n) is 23.1. The lowest BCUT2D eigenvalue weighted by Gasteiger charge is -2.48. The number of unbranched alkanes of at least 4 members (excludes halogenated alkanes) is 4. The van der Waals surface area contributed by atoms with Crippen molar-refractivity contribution in [3.8, 4) is 0 Å². The van der Waals surface area contributed by atoms with Gasteiger partial charge in [-0.2, -0.15) is 0 Å². The van der Waals surface area contributed by atoms with E-state index in [1.807, 2.05) is 0 Å². The summed E-state index contributed by atoms with van der Waals surface area (Å²) in [5.41, 5.74) is 8.75. The number of hydrogen-bond donors (Lipinski definition) is 0. The van der Waals surface area contributed by atoms with Crippen LogP contribution in [0.25, 0.3) is 5.57 Å². The summed E-state index contributed by atoms with van der Waals surface area (Å²) >= 11 is 0. The minimum atomic E-state index is 0.522. The number of aryl methyl sites for hydroxylation is 2. The highest BCUT2D eigenvalue weighted by atomic mass is 14.6. The molecule has 3 aliphatic carbocycles. The fraction of sp³-hybridized carbons (Fsp3) is 0.706. The summed E-state index contributed by atoms with van der Waals surface area (Å²) in [6.07, 6.45) is 24.2. The molecule has 5 unspecified atom stereocenters. The molecule has 1 aromatic carbocycles. The summed E-state index contributed by atoms with van der Waals surface area (Å²) in [6, 6.07) is 7.30. The van der Waals surface area contributed by atoms with Crippen LogP contribution in [0.3, 0.4) is 0 Å². The Bertz CT molecular complexity index is 870. The minimum absolute atomic E-state index is 0.522. The van der Waals surface area contributed by atoms with Crippen LogP contribution in [-0.2, 0) is 6.42 Å². The molecule has 1 aromatic rings. The van der Waals surface area contributed by atoms with E-state index in [-0.39, 0.29) is 0 Å². The lowest BCUT2D eigenvalue weighted by atomic mass is 9.56. The SMILES string of the molecule is CCCC(C)CCCCCC/C=C/CC1=C2c3ccc(C)cc3CCC2C2CCC(C)C2(C)C1. The van der Waals surface area contributed by atoms with Crippen molar-refractivity contribution in [2.24, 2.45) is 29.1 Å². The molecule has 1 fully saturated rings. The molecule has 0 aliphatic heterocycles. The van der Waals surface area contributed by atoms with Crippen LogP contribution in [0.2, 0.25) is 0 Å². The van der Waals surface area contributed by atoms with Gasteiger partial charge in [-0.25, -0.2) is 0 Å². The van der Waals surface area contributed by atoms with Crippen LogP contribution in [0.4, 0.5) is 0 Å². The van der Waals surface area contributed by atoms with E-state index >= 15 is 0 Å². The molecule has 1 saturated carbocycles. The monoisotopic (exact) mass is 460 g/mol. The predicted molar refractivity (Wildman–Crippen MR) is 150 cm³/mol. The van der Waals surface area contributed by atoms with Crippen LogP contribution in [0.1, 0.15) is 128 Å². The molecule has 0 radical (unpaired) electrons. The molecule has 4 rings (SSSR count). The fourth-order valence-electron chi connectivity index (χ4n) is 7.95. The van der Waals surface area contributed by atoms with E-state index in [0.717, 1.165) is 23.7 Å². The minimum Gasteiger partial charge on any atom is -0.0882 e. The summed E-state index contributed by atoms with van der Waals surface area (Å²) in [5, 5.41) is 0. The van der Waals surface area contributed by atoms with Gasteiger partial charge in [-0.05, 0) is 104 Å². The third-order valence-corrected chi connectivity index (χ3v) is 10.1. The second-order valence-corrected chi connectivity index (χ2v) is 12.7. The maximum atomic E-state index is 2.64. The van der Waals surface area contributed by atoms with Gasteiger partial charge in [0.2, 0.25) is 0 Å². The van der Waals surface area contributed by atoms with Crippen LogP contribution < -0.4 is 0 Å². The molecule has 0 heteroatoms. The van der Waals surface area contributed by atoms with Gasteiger partial charge in [0.15, 0.2) is 0 Å². The zero-order valence-corrected chi connectivity index (χ0v) is 23.1. The first-order valence-electron chi connectivity index (χ1n) is 14.9. The number of benzene rings is 1. The molecule has 34 heavy (non-hydrogen) atoms. The fourth-order valence-corrected chi connectivity index (χ4v) is 7.95. The number of hydrogen-bond acceptors (Lipinski definition) is 0. The van der Waals surface area contributed by atoms with Crippen molar-refractivity contribution in [3.63, 3.8) is 0 Å². The lowest BCUT2D eigenvalue weighted by molar-refractivity contribution is 0.119. The summed E-state index contributed by atoms with van der Waals surface area (Å²) in [4.78, 5) is 0. The van der Waals surface area contributed by atoms with E-state index in [2.05, 4.69) is 65.0 Å². The molecule has 0 heterocycles. The lowest BCUT2D eigenvalue weighted by Crippen LogP contribution is -2.39. The molecule has 0 bridgehead atoms. The molecular formula is C34H52. The Balaban J connectivity index is 1.39. The molecule has 0 N–H and O–H groups in total. The Morgan fingerprint density at radius 3 is 2.68 bits per heavy atom. The van der Waals surface area contributed by atoms with Crippen molar-refractivity contribution in [1.29, 1.82) is 0 Å². The molecule has 188 valence electrons. The highest BCUT2D eigenvalue weighted by molar-refractivity contribution is 5.76. The van der Waals surface area contributed by atoms with Crippen LogP contribution in [-0.4, -0.2) is 0 Å². The average molecular weight is 461 g/mol. The van der Waals surface area contributed by atoms with E-state index in [1.165, 1.54) is 95.5 Å². The van der Waals surface area contributed by atoms with Gasteiger partial charge in [-0.1, -0.05) is 108 Å². The standard InChI is InChI=1S/C34H52/c1-6-14-25(2)15-12-10-8-7-9-11-13-16-29-24-34(5)27(4)18-22-32(34)31-21-19-28-23-26(3)17-20-30(28)33(29)31/h11,13,17,20,23,25,27,31-32H,6-10,12,14-16,18-19,21-22,24H2,1-5H3/b13-11+. The summed E-state index contributed by atoms with van der Waals surface area (Å²) < 4.78 is 0. The zero-order chi connectivity index (χ0) is 24.1. The van der Waals surface area contributed by atoms with Gasteiger partial charge < -0.3 is 0 Å². The largest absolute Gasteiger partial charge is 0.0882 e. The van der Waals surface area contributed by atoms with Crippen molar-refractivity contribution in [3.05, 3.63) is 52.6 Å². The van der Waals surface area contributed by atoms with Crippen molar-refractivity contribution in [1.82, 2.24) is 0 Å². The maximum absolute atomic E-state index is 2.64. The summed E-state index contributed by atoms with van der Waals surface area (Å²) in [5.74, 6) is 3.51. The van der Waals surface area contributed by atoms with Crippen molar-refractivity contribution in [2.75, 3.05) is 0 Å². The van der Waals surface area contributed by atoms with Gasteiger partial charge in [0.1, 0.15) is 0 Å². The van der Waals surface area contributed by atoms with E-state index in [1.54, 1.807) is 22.3 Å². The average Bonchev–Trinajstić information content (AvgIpc) is 3.11. The Morgan fingerprint density at radius 1 is 1.03 bits per heavy atom. The molecule has 5 atom stereocenters. The van der Waals surface area contributed by atoms with Crippen LogP contribution in [0.15, 0.2) is 35.9 Å². The van der Waals surface area contributed by atoms with Gasteiger partial charge in [-0.15, -0.1) is 0 Å². The number of fused-ring (bicyclic) bond motifs is 5. The molecule has 0 saturated heterocycles. The maximum Gasteiger partial charge on any atom is -0.0119 e. The Morgan fingerprint density at radius 2 is 1.85 bits per heavy atom. The van der Waals surface area contributed by atoms with E-state index < -0.39 is 0 Å². The number of allylic oxidation sites excluding steroid dienone is 4. The molecule has 0 amide bonds. The topological polar surface area (TPSA) is 0 Å². The first kappa shape index (κ1) is 25.8. The molecule has 3 aliphatic rings. The third kappa shape index (κ3) is 5.57. The third-order valence-electron chi connectivity index (χ3n) is 10.1. The van der Waals surface area contributed by atoms with E-state index in [4.69, 9.17) is 0 Å². The quantitative estimate of drug-likeness (QED) is 0.227. The Kier molecular flexibility index (Phi) is 8.81. The molecule has 0 aromatic heterocycles. The summed E-state index contributed by atoms with van der Waals surface area (Å²) in [6.45, 7) is 12.2. The first-order valence-corrected chi connectivity index (χ1v) is 14.9. The van der Waals surface area contributed by atoms with Crippen molar-refractivity contribution >= 4 is 5.57 Å². The van der Waals surface area contributed by atoms with Gasteiger partial charge in [0, 0.05) is 0 Å². The summed E-state index contributed by atoms with van der Waals surface area (Å²) in [7, 11) is 0. The van der Waals surface area contributed by atoms with E-state index in [0.29, 0.717) is 5.41 Å². The van der Waals surface area contributed by atoms with Gasteiger partial charge in [-0.3, -0.25) is 0 Å². The smallest absolute Gasteiger partial charge is 0.0119 e. The highest BCUT2D eigenvalue weighted by Gasteiger charge is 2.52. The van der Waals surface area contributed by atoms with Crippen molar-refractivity contribution < 1.29 is 0 Å². The first-order chi connectivity index (χ1) is 16.4. The number of rotatable bonds is 11. The Hall–Kier alpha value is -1.30. The second-order valence-electron chi connectivity index (χ2n) is 12.7. The van der Waals surface area contributed by atoms with Gasteiger partial charge in [0.05, 0.1) is 0 Å². The van der Waals surface area contributed by atoms with E-state index in [9.17, 15) is 0 Å². The molecular weight excluding hydrogens is 408 g/mol. The molecule has 0 spiro atoms. The van der Waals surface area contributed by atoms with Crippen LogP contribution in [0, 0.1) is 36.0 Å². The molecule has 0 nitrogen and oxygen atoms in total. The predicted octanol–water partition coefficient (Wildman–Crippen LogP) is 10.5. The van der Waals surface area contributed by atoms with Crippen LogP contribution >= 0.6 is 0 Å². The highest BCUT2D eigenvalue weighted by Crippen LogP contribution is 2.62. The Labute approximate surface area is 211 Å². The van der Waals surface area contributed by atoms with Crippen molar-refractivity contribution in [2.45, 2.75) is 125 Å².